The Kier molecular flexibility index (Phi) is 2.35. The molecule has 0 spiro atoms. The molecule has 0 saturated heterocycles. The van der Waals surface area contributed by atoms with E-state index < -0.39 is 11.2 Å². The van der Waals surface area contributed by atoms with E-state index in [4.69, 9.17) is 11.6 Å². The molecule has 6 heteroatoms. The summed E-state index contributed by atoms with van der Waals surface area (Å²) >= 11 is 6.06. The largest absolute Gasteiger partial charge is 0.332 e. The van der Waals surface area contributed by atoms with Crippen molar-refractivity contribution in [3.05, 3.63) is 37.6 Å². The van der Waals surface area contributed by atoms with Crippen molar-refractivity contribution in [1.82, 2.24) is 14.1 Å². The molecule has 2 aromatic rings. The Hall–Kier alpha value is -1.62. The second-order valence-electron chi connectivity index (χ2n) is 3.66. The molecular formula is C10H10ClN3O2. The van der Waals surface area contributed by atoms with Crippen molar-refractivity contribution in [3.63, 3.8) is 0 Å². The third-order valence-corrected chi connectivity index (χ3v) is 3.07. The highest BCUT2D eigenvalue weighted by molar-refractivity contribution is 6.35. The van der Waals surface area contributed by atoms with E-state index in [1.165, 1.54) is 11.6 Å². The molecule has 2 aromatic heterocycles. The highest BCUT2D eigenvalue weighted by Crippen LogP contribution is 2.20. The van der Waals surface area contributed by atoms with Gasteiger partial charge in [-0.15, -0.1) is 0 Å². The summed E-state index contributed by atoms with van der Waals surface area (Å²) in [6.45, 7) is 1.76. The Bertz CT molecular complexity index is 700. The van der Waals surface area contributed by atoms with Crippen LogP contribution in [0.4, 0.5) is 0 Å². The molecular weight excluding hydrogens is 230 g/mol. The molecule has 0 unspecified atom stereocenters. The Labute approximate surface area is 95.9 Å². The molecule has 16 heavy (non-hydrogen) atoms. The van der Waals surface area contributed by atoms with Crippen LogP contribution in [0.25, 0.3) is 11.0 Å². The molecule has 0 aliphatic heterocycles. The van der Waals surface area contributed by atoms with Crippen LogP contribution in [-0.4, -0.2) is 14.1 Å². The number of aromatic nitrogens is 3. The molecule has 0 aliphatic carbocycles. The molecule has 2 heterocycles. The zero-order valence-electron chi connectivity index (χ0n) is 9.11. The van der Waals surface area contributed by atoms with E-state index in [0.717, 1.165) is 4.57 Å². The van der Waals surface area contributed by atoms with Gasteiger partial charge in [0.1, 0.15) is 5.39 Å². The third-order valence-electron chi connectivity index (χ3n) is 2.58. The first-order valence-electron chi connectivity index (χ1n) is 4.66. The van der Waals surface area contributed by atoms with Crippen LogP contribution in [0, 0.1) is 6.92 Å². The fraction of sp³-hybridized carbons (Fsp3) is 0.300. The fourth-order valence-corrected chi connectivity index (χ4v) is 1.80. The standard InChI is InChI=1S/C10H10ClN3O2/c1-5-4-12-8-6(7(5)11)9(15)14(3)10(16)13(8)2/h4H,1-3H3. The molecule has 0 bridgehead atoms. The quantitative estimate of drug-likeness (QED) is 0.676. The molecule has 0 fully saturated rings. The number of fused-ring (bicyclic) bond motifs is 1. The first kappa shape index (κ1) is 10.9. The lowest BCUT2D eigenvalue weighted by molar-refractivity contribution is 0.707. The summed E-state index contributed by atoms with van der Waals surface area (Å²) in [6.07, 6.45) is 1.55. The minimum absolute atomic E-state index is 0.284. The Morgan fingerprint density at radius 3 is 2.50 bits per heavy atom. The summed E-state index contributed by atoms with van der Waals surface area (Å²) in [4.78, 5) is 27.6. The normalized spacial score (nSPS) is 11.0. The van der Waals surface area contributed by atoms with Crippen LogP contribution in [0.3, 0.4) is 0 Å². The second kappa shape index (κ2) is 3.45. The van der Waals surface area contributed by atoms with E-state index in [-0.39, 0.29) is 5.39 Å². The fourth-order valence-electron chi connectivity index (χ4n) is 1.59. The van der Waals surface area contributed by atoms with Crippen molar-refractivity contribution in [2.75, 3.05) is 0 Å². The summed E-state index contributed by atoms with van der Waals surface area (Å²) in [5, 5.41) is 0.632. The van der Waals surface area contributed by atoms with Crippen LogP contribution in [0.1, 0.15) is 5.56 Å². The first-order chi connectivity index (χ1) is 7.45. The van der Waals surface area contributed by atoms with E-state index in [2.05, 4.69) is 4.98 Å². The molecule has 0 aliphatic rings. The van der Waals surface area contributed by atoms with Gasteiger partial charge in [-0.05, 0) is 12.5 Å². The molecule has 0 aromatic carbocycles. The van der Waals surface area contributed by atoms with Gasteiger partial charge in [0.15, 0.2) is 5.65 Å². The molecule has 0 radical (unpaired) electrons. The number of hydrogen-bond acceptors (Lipinski definition) is 3. The maximum Gasteiger partial charge on any atom is 0.332 e. The third kappa shape index (κ3) is 1.28. The van der Waals surface area contributed by atoms with Crippen molar-refractivity contribution in [2.24, 2.45) is 14.1 Å². The van der Waals surface area contributed by atoms with E-state index in [9.17, 15) is 9.59 Å². The van der Waals surface area contributed by atoms with Gasteiger partial charge in [-0.2, -0.15) is 0 Å². The van der Waals surface area contributed by atoms with Gasteiger partial charge in [0.2, 0.25) is 0 Å². The average molecular weight is 240 g/mol. The maximum atomic E-state index is 11.9. The van der Waals surface area contributed by atoms with Gasteiger partial charge >= 0.3 is 5.69 Å². The van der Waals surface area contributed by atoms with Crippen LogP contribution in [0.15, 0.2) is 15.8 Å². The van der Waals surface area contributed by atoms with Crippen molar-refractivity contribution in [1.29, 1.82) is 0 Å². The lowest BCUT2D eigenvalue weighted by Gasteiger charge is -2.08. The molecule has 5 nitrogen and oxygen atoms in total. The van der Waals surface area contributed by atoms with Gasteiger partial charge in [0.25, 0.3) is 5.56 Å². The summed E-state index contributed by atoms with van der Waals surface area (Å²) in [6, 6.07) is 0. The van der Waals surface area contributed by atoms with Crippen LogP contribution in [0.2, 0.25) is 5.02 Å². The number of aryl methyl sites for hydroxylation is 2. The van der Waals surface area contributed by atoms with Crippen LogP contribution in [0.5, 0.6) is 0 Å². The summed E-state index contributed by atoms with van der Waals surface area (Å²) in [7, 11) is 2.98. The van der Waals surface area contributed by atoms with Gasteiger partial charge < -0.3 is 0 Å². The number of rotatable bonds is 0. The second-order valence-corrected chi connectivity index (χ2v) is 4.04. The van der Waals surface area contributed by atoms with Crippen molar-refractivity contribution < 1.29 is 0 Å². The highest BCUT2D eigenvalue weighted by atomic mass is 35.5. The Balaban J connectivity index is 3.22. The van der Waals surface area contributed by atoms with E-state index in [1.807, 2.05) is 0 Å². The minimum atomic E-state index is -0.417. The summed E-state index contributed by atoms with van der Waals surface area (Å²) < 4.78 is 2.33. The Morgan fingerprint density at radius 1 is 1.25 bits per heavy atom. The Morgan fingerprint density at radius 2 is 1.88 bits per heavy atom. The van der Waals surface area contributed by atoms with Crippen LogP contribution >= 0.6 is 11.6 Å². The minimum Gasteiger partial charge on any atom is -0.280 e. The smallest absolute Gasteiger partial charge is 0.280 e. The molecule has 0 saturated carbocycles. The molecule has 0 amide bonds. The molecule has 84 valence electrons. The lowest BCUT2D eigenvalue weighted by Crippen LogP contribution is -2.37. The van der Waals surface area contributed by atoms with Gasteiger partial charge in [0.05, 0.1) is 5.02 Å². The zero-order valence-corrected chi connectivity index (χ0v) is 9.87. The van der Waals surface area contributed by atoms with E-state index in [0.29, 0.717) is 16.2 Å². The number of hydrogen-bond donors (Lipinski definition) is 0. The van der Waals surface area contributed by atoms with E-state index >= 15 is 0 Å². The van der Waals surface area contributed by atoms with Crippen molar-refractivity contribution in [2.45, 2.75) is 6.92 Å². The number of nitrogens with zero attached hydrogens (tertiary/aromatic N) is 3. The highest BCUT2D eigenvalue weighted by Gasteiger charge is 2.13. The van der Waals surface area contributed by atoms with Gasteiger partial charge in [-0.3, -0.25) is 13.9 Å². The van der Waals surface area contributed by atoms with Gasteiger partial charge in [-0.25, -0.2) is 9.78 Å². The zero-order chi connectivity index (χ0) is 12.0. The topological polar surface area (TPSA) is 56.9 Å². The van der Waals surface area contributed by atoms with E-state index in [1.54, 1.807) is 20.2 Å². The van der Waals surface area contributed by atoms with Crippen LogP contribution in [-0.2, 0) is 14.1 Å². The lowest BCUT2D eigenvalue weighted by atomic mass is 10.2. The number of pyridine rings is 1. The number of halogens is 1. The van der Waals surface area contributed by atoms with Crippen LogP contribution < -0.4 is 11.2 Å². The predicted molar refractivity (Wildman–Crippen MR) is 62.0 cm³/mol. The first-order valence-corrected chi connectivity index (χ1v) is 5.03. The van der Waals surface area contributed by atoms with Crippen molar-refractivity contribution in [3.8, 4) is 0 Å². The maximum absolute atomic E-state index is 11.9. The van der Waals surface area contributed by atoms with Gasteiger partial charge in [0, 0.05) is 20.3 Å². The average Bonchev–Trinajstić information content (AvgIpc) is 2.27. The summed E-state index contributed by atoms with van der Waals surface area (Å²) in [5.41, 5.74) is 0.192. The SMILES string of the molecule is Cc1cnc2c(c1Cl)c(=O)n(C)c(=O)n2C. The van der Waals surface area contributed by atoms with Crippen molar-refractivity contribution >= 4 is 22.6 Å². The monoisotopic (exact) mass is 239 g/mol. The molecule has 0 atom stereocenters. The van der Waals surface area contributed by atoms with Gasteiger partial charge in [-0.1, -0.05) is 11.6 Å². The molecule has 2 rings (SSSR count). The predicted octanol–water partition coefficient (Wildman–Crippen LogP) is 0.594. The summed E-state index contributed by atoms with van der Waals surface area (Å²) in [5.74, 6) is 0. The molecule has 0 N–H and O–H groups in total.